The number of carbonyl (C=O) groups is 1. The van der Waals surface area contributed by atoms with E-state index < -0.39 is 0 Å². The Morgan fingerprint density at radius 3 is 2.71 bits per heavy atom. The molecule has 0 saturated carbocycles. The number of benzene rings is 1. The van der Waals surface area contributed by atoms with E-state index in [1.54, 1.807) is 17.5 Å². The minimum Gasteiger partial charge on any atom is -0.338 e. The van der Waals surface area contributed by atoms with Crippen LogP contribution in [0.4, 0.5) is 4.79 Å². The van der Waals surface area contributed by atoms with Gasteiger partial charge in [-0.05, 0) is 41.1 Å². The van der Waals surface area contributed by atoms with Gasteiger partial charge >= 0.3 is 6.03 Å². The van der Waals surface area contributed by atoms with Crippen molar-refractivity contribution in [3.05, 3.63) is 76.6 Å². The Morgan fingerprint density at radius 1 is 1.04 bits per heavy atom. The molecule has 2 N–H and O–H groups in total. The van der Waals surface area contributed by atoms with Crippen LogP contribution in [0, 0.1) is 0 Å². The number of amides is 2. The minimum absolute atomic E-state index is 0.153. The second kappa shape index (κ2) is 8.26. The lowest BCUT2D eigenvalue weighted by molar-refractivity contribution is 0.240. The fraction of sp³-hybridized carbons (Fsp3) is 0.158. The summed E-state index contributed by atoms with van der Waals surface area (Å²) in [4.78, 5) is 16.3. The van der Waals surface area contributed by atoms with Gasteiger partial charge in [0.05, 0.1) is 5.69 Å². The third-order valence-electron chi connectivity index (χ3n) is 3.64. The molecule has 0 aliphatic heterocycles. The highest BCUT2D eigenvalue weighted by Gasteiger charge is 2.03. The van der Waals surface area contributed by atoms with E-state index in [1.807, 2.05) is 41.8 Å². The van der Waals surface area contributed by atoms with Crippen LogP contribution in [0.15, 0.2) is 65.5 Å². The normalized spacial score (nSPS) is 10.3. The molecule has 0 unspecified atom stereocenters. The van der Waals surface area contributed by atoms with Crippen molar-refractivity contribution in [2.75, 3.05) is 6.54 Å². The number of carbonyl (C=O) groups excluding carboxylic acids is 1. The van der Waals surface area contributed by atoms with Crippen molar-refractivity contribution in [2.24, 2.45) is 0 Å². The first-order valence-corrected chi connectivity index (χ1v) is 8.79. The maximum atomic E-state index is 11.9. The van der Waals surface area contributed by atoms with Crippen LogP contribution >= 0.6 is 11.3 Å². The molecule has 0 aliphatic carbocycles. The maximum absolute atomic E-state index is 11.9. The van der Waals surface area contributed by atoms with E-state index in [9.17, 15) is 4.79 Å². The number of thiophene rings is 1. The highest BCUT2D eigenvalue weighted by Crippen LogP contribution is 2.20. The molecule has 0 bridgehead atoms. The average molecular weight is 337 g/mol. The summed E-state index contributed by atoms with van der Waals surface area (Å²) in [6.45, 7) is 1.10. The van der Waals surface area contributed by atoms with Gasteiger partial charge in [-0.25, -0.2) is 4.79 Å². The number of hydrogen-bond acceptors (Lipinski definition) is 3. The second-order valence-electron chi connectivity index (χ2n) is 5.41. The predicted molar refractivity (Wildman–Crippen MR) is 97.9 cm³/mol. The summed E-state index contributed by atoms with van der Waals surface area (Å²) < 4.78 is 0. The Bertz CT molecular complexity index is 772. The fourth-order valence-electron chi connectivity index (χ4n) is 2.36. The van der Waals surface area contributed by atoms with Crippen molar-refractivity contribution in [2.45, 2.75) is 13.0 Å². The zero-order valence-corrected chi connectivity index (χ0v) is 14.1. The zero-order chi connectivity index (χ0) is 16.6. The van der Waals surface area contributed by atoms with Gasteiger partial charge in [0.2, 0.25) is 0 Å². The highest BCUT2D eigenvalue weighted by atomic mass is 32.1. The summed E-state index contributed by atoms with van der Waals surface area (Å²) in [6.07, 6.45) is 2.60. The second-order valence-corrected chi connectivity index (χ2v) is 6.19. The number of aromatic nitrogens is 1. The van der Waals surface area contributed by atoms with Crippen LogP contribution in [0.25, 0.3) is 11.3 Å². The number of hydrogen-bond donors (Lipinski definition) is 2. The lowest BCUT2D eigenvalue weighted by atomic mass is 10.1. The molecule has 1 aromatic carbocycles. The number of urea groups is 1. The van der Waals surface area contributed by atoms with Gasteiger partial charge in [-0.1, -0.05) is 30.3 Å². The van der Waals surface area contributed by atoms with Crippen molar-refractivity contribution in [1.82, 2.24) is 15.6 Å². The summed E-state index contributed by atoms with van der Waals surface area (Å²) in [6, 6.07) is 15.9. The molecule has 0 aliphatic rings. The van der Waals surface area contributed by atoms with Gasteiger partial charge in [0.25, 0.3) is 0 Å². The summed E-state index contributed by atoms with van der Waals surface area (Å²) >= 11 is 1.65. The molecule has 0 fully saturated rings. The third kappa shape index (κ3) is 4.67. The predicted octanol–water partition coefficient (Wildman–Crippen LogP) is 3.85. The number of rotatable bonds is 6. The fourth-order valence-corrected chi connectivity index (χ4v) is 3.01. The molecule has 2 heterocycles. The van der Waals surface area contributed by atoms with E-state index in [2.05, 4.69) is 33.1 Å². The van der Waals surface area contributed by atoms with Gasteiger partial charge in [0.15, 0.2) is 0 Å². The smallest absolute Gasteiger partial charge is 0.315 e. The van der Waals surface area contributed by atoms with E-state index in [0.29, 0.717) is 13.1 Å². The van der Waals surface area contributed by atoms with Gasteiger partial charge in [0.1, 0.15) is 0 Å². The van der Waals surface area contributed by atoms with Crippen molar-refractivity contribution in [3.8, 4) is 11.3 Å². The zero-order valence-electron chi connectivity index (χ0n) is 13.2. The Labute approximate surface area is 145 Å². The van der Waals surface area contributed by atoms with Gasteiger partial charge in [-0.3, -0.25) is 4.98 Å². The quantitative estimate of drug-likeness (QED) is 0.718. The first-order valence-electron chi connectivity index (χ1n) is 7.84. The van der Waals surface area contributed by atoms with E-state index >= 15 is 0 Å². The first kappa shape index (κ1) is 16.2. The van der Waals surface area contributed by atoms with Gasteiger partial charge in [-0.15, -0.1) is 0 Å². The lowest BCUT2D eigenvalue weighted by Gasteiger charge is -2.08. The van der Waals surface area contributed by atoms with Crippen molar-refractivity contribution < 1.29 is 4.79 Å². The van der Waals surface area contributed by atoms with Crippen LogP contribution < -0.4 is 10.6 Å². The standard InChI is InChI=1S/C19H19N3OS/c23-19(21-10-6-15-4-2-1-3-5-15)22-13-16-7-9-20-18(12-16)17-8-11-24-14-17/h1-5,7-9,11-12,14H,6,10,13H2,(H2,21,22,23). The van der Waals surface area contributed by atoms with Crippen LogP contribution in [0.2, 0.25) is 0 Å². The SMILES string of the molecule is O=C(NCCc1ccccc1)NCc1ccnc(-c2ccsc2)c1. The Hall–Kier alpha value is -2.66. The van der Waals surface area contributed by atoms with E-state index in [0.717, 1.165) is 23.2 Å². The Kier molecular flexibility index (Phi) is 5.58. The molecule has 0 spiro atoms. The van der Waals surface area contributed by atoms with E-state index in [1.165, 1.54) is 5.56 Å². The summed E-state index contributed by atoms with van der Waals surface area (Å²) in [5.74, 6) is 0. The molecular formula is C19H19N3OS. The third-order valence-corrected chi connectivity index (χ3v) is 4.32. The summed E-state index contributed by atoms with van der Waals surface area (Å²) in [5.41, 5.74) is 4.28. The molecule has 24 heavy (non-hydrogen) atoms. The highest BCUT2D eigenvalue weighted by molar-refractivity contribution is 7.08. The molecule has 3 rings (SSSR count). The summed E-state index contributed by atoms with van der Waals surface area (Å²) in [7, 11) is 0. The van der Waals surface area contributed by atoms with Crippen LogP contribution in [-0.4, -0.2) is 17.6 Å². The van der Waals surface area contributed by atoms with Gasteiger partial charge in [-0.2, -0.15) is 11.3 Å². The molecule has 0 saturated heterocycles. The molecular weight excluding hydrogens is 318 g/mol. The minimum atomic E-state index is -0.153. The molecule has 2 aromatic heterocycles. The number of nitrogens with one attached hydrogen (secondary N) is 2. The maximum Gasteiger partial charge on any atom is 0.315 e. The van der Waals surface area contributed by atoms with E-state index in [-0.39, 0.29) is 6.03 Å². The van der Waals surface area contributed by atoms with Crippen LogP contribution in [0.1, 0.15) is 11.1 Å². The van der Waals surface area contributed by atoms with Crippen molar-refractivity contribution >= 4 is 17.4 Å². The average Bonchev–Trinajstić information content (AvgIpc) is 3.16. The monoisotopic (exact) mass is 337 g/mol. The van der Waals surface area contributed by atoms with Gasteiger partial charge < -0.3 is 10.6 Å². The van der Waals surface area contributed by atoms with E-state index in [4.69, 9.17) is 0 Å². The number of pyridine rings is 1. The molecule has 0 radical (unpaired) electrons. The molecule has 4 nitrogen and oxygen atoms in total. The summed E-state index contributed by atoms with van der Waals surface area (Å²) in [5, 5.41) is 9.86. The molecule has 3 aromatic rings. The lowest BCUT2D eigenvalue weighted by Crippen LogP contribution is -2.36. The van der Waals surface area contributed by atoms with Crippen LogP contribution in [-0.2, 0) is 13.0 Å². The topological polar surface area (TPSA) is 54.0 Å². The largest absolute Gasteiger partial charge is 0.338 e. The molecule has 2 amide bonds. The Balaban J connectivity index is 1.45. The Morgan fingerprint density at radius 2 is 1.92 bits per heavy atom. The molecule has 0 atom stereocenters. The number of nitrogens with zero attached hydrogens (tertiary/aromatic N) is 1. The molecule has 122 valence electrons. The van der Waals surface area contributed by atoms with Crippen molar-refractivity contribution in [3.63, 3.8) is 0 Å². The van der Waals surface area contributed by atoms with Gasteiger partial charge in [0, 0.05) is 30.2 Å². The molecule has 5 heteroatoms. The van der Waals surface area contributed by atoms with Crippen molar-refractivity contribution in [1.29, 1.82) is 0 Å². The van der Waals surface area contributed by atoms with Crippen LogP contribution in [0.3, 0.4) is 0 Å². The van der Waals surface area contributed by atoms with Crippen LogP contribution in [0.5, 0.6) is 0 Å². The first-order chi connectivity index (χ1) is 11.8.